The Balaban J connectivity index is 1.56. The Morgan fingerprint density at radius 3 is 2.88 bits per heavy atom. The van der Waals surface area contributed by atoms with Gasteiger partial charge in [-0.15, -0.1) is 22.7 Å². The molecule has 1 amide bonds. The first-order valence-corrected chi connectivity index (χ1v) is 10.2. The van der Waals surface area contributed by atoms with Gasteiger partial charge in [0.05, 0.1) is 35.7 Å². The topological polar surface area (TPSA) is 54.5 Å². The van der Waals surface area contributed by atoms with Gasteiger partial charge in [-0.2, -0.15) is 0 Å². The van der Waals surface area contributed by atoms with Crippen LogP contribution in [-0.2, 0) is 4.74 Å². The smallest absolute Gasteiger partial charge is 0.267 e. The largest absolute Gasteiger partial charge is 0.378 e. The van der Waals surface area contributed by atoms with E-state index in [0.29, 0.717) is 28.8 Å². The number of carbonyl (C=O) groups is 1. The number of rotatable bonds is 4. The van der Waals surface area contributed by atoms with Gasteiger partial charge in [-0.25, -0.2) is 4.98 Å². The van der Waals surface area contributed by atoms with E-state index in [4.69, 9.17) is 16.3 Å². The number of hydrogen-bond acceptors (Lipinski definition) is 6. The number of hydrogen-bond donors (Lipinski definition) is 1. The fourth-order valence-corrected chi connectivity index (χ4v) is 4.55. The first-order valence-electron chi connectivity index (χ1n) is 8.14. The Labute approximate surface area is 164 Å². The summed E-state index contributed by atoms with van der Waals surface area (Å²) in [5.74, 6) is -0.179. The van der Waals surface area contributed by atoms with E-state index in [2.05, 4.69) is 15.2 Å². The monoisotopic (exact) mass is 405 g/mol. The zero-order valence-electron chi connectivity index (χ0n) is 13.8. The number of anilines is 2. The average Bonchev–Trinajstić information content (AvgIpc) is 3.34. The van der Waals surface area contributed by atoms with Gasteiger partial charge in [-0.1, -0.05) is 17.7 Å². The number of benzene rings is 1. The molecule has 0 bridgehead atoms. The molecule has 1 aromatic carbocycles. The summed E-state index contributed by atoms with van der Waals surface area (Å²) in [7, 11) is 0. The number of aromatic nitrogens is 1. The molecule has 8 heteroatoms. The van der Waals surface area contributed by atoms with Crippen LogP contribution in [0.15, 0.2) is 41.9 Å². The number of carbonyl (C=O) groups excluding carboxylic acids is 1. The van der Waals surface area contributed by atoms with Gasteiger partial charge in [0.1, 0.15) is 9.88 Å². The number of nitrogens with one attached hydrogen (secondary N) is 1. The minimum atomic E-state index is -0.179. The summed E-state index contributed by atoms with van der Waals surface area (Å²) in [5, 5.41) is 6.42. The van der Waals surface area contributed by atoms with Crippen molar-refractivity contribution in [2.75, 3.05) is 36.5 Å². The Morgan fingerprint density at radius 2 is 2.12 bits per heavy atom. The van der Waals surface area contributed by atoms with Crippen molar-refractivity contribution in [2.24, 2.45) is 0 Å². The fraction of sp³-hybridized carbons (Fsp3) is 0.222. The second-order valence-corrected chi connectivity index (χ2v) is 8.14. The highest BCUT2D eigenvalue weighted by atomic mass is 35.5. The van der Waals surface area contributed by atoms with Crippen molar-refractivity contribution in [2.45, 2.75) is 0 Å². The number of morpholine rings is 1. The Kier molecular flexibility index (Phi) is 5.21. The first kappa shape index (κ1) is 17.5. The minimum Gasteiger partial charge on any atom is -0.378 e. The summed E-state index contributed by atoms with van der Waals surface area (Å²) in [4.78, 5) is 20.9. The van der Waals surface area contributed by atoms with Crippen molar-refractivity contribution in [3.8, 4) is 9.88 Å². The van der Waals surface area contributed by atoms with E-state index in [9.17, 15) is 4.79 Å². The second kappa shape index (κ2) is 7.75. The summed E-state index contributed by atoms with van der Waals surface area (Å²) in [6.07, 6.45) is 1.62. The summed E-state index contributed by atoms with van der Waals surface area (Å²) in [5.41, 5.74) is 1.66. The van der Waals surface area contributed by atoms with E-state index in [0.717, 1.165) is 28.7 Å². The highest BCUT2D eigenvalue weighted by molar-refractivity contribution is 7.22. The Hall–Kier alpha value is -1.93. The number of amides is 1. The Morgan fingerprint density at radius 1 is 1.27 bits per heavy atom. The fourth-order valence-electron chi connectivity index (χ4n) is 2.77. The molecule has 0 unspecified atom stereocenters. The molecule has 0 radical (unpaired) electrons. The minimum absolute atomic E-state index is 0.179. The third-order valence-electron chi connectivity index (χ3n) is 4.02. The van der Waals surface area contributed by atoms with Crippen molar-refractivity contribution >= 4 is 51.6 Å². The van der Waals surface area contributed by atoms with Gasteiger partial charge in [0.25, 0.3) is 5.91 Å². The lowest BCUT2D eigenvalue weighted by atomic mass is 10.2. The molecule has 0 spiro atoms. The molecule has 0 atom stereocenters. The molecule has 1 fully saturated rings. The van der Waals surface area contributed by atoms with Gasteiger partial charge in [0.2, 0.25) is 0 Å². The molecule has 2 aromatic heterocycles. The number of ether oxygens (including phenoxy) is 1. The lowest BCUT2D eigenvalue weighted by Gasteiger charge is -2.30. The van der Waals surface area contributed by atoms with Crippen LogP contribution in [0.5, 0.6) is 0 Å². The lowest BCUT2D eigenvalue weighted by Crippen LogP contribution is -2.36. The molecule has 1 saturated heterocycles. The predicted octanol–water partition coefficient (Wildman–Crippen LogP) is 4.61. The molecule has 1 aliphatic rings. The van der Waals surface area contributed by atoms with E-state index in [-0.39, 0.29) is 5.91 Å². The van der Waals surface area contributed by atoms with Crippen LogP contribution < -0.4 is 10.2 Å². The van der Waals surface area contributed by atoms with E-state index in [1.807, 2.05) is 29.6 Å². The van der Waals surface area contributed by atoms with Crippen LogP contribution in [0, 0.1) is 0 Å². The second-order valence-electron chi connectivity index (χ2n) is 5.72. The molecule has 1 aliphatic heterocycles. The number of thiazole rings is 1. The van der Waals surface area contributed by atoms with Crippen molar-refractivity contribution in [1.82, 2.24) is 4.98 Å². The summed E-state index contributed by atoms with van der Waals surface area (Å²) >= 11 is 9.15. The van der Waals surface area contributed by atoms with Crippen molar-refractivity contribution in [1.29, 1.82) is 0 Å². The highest BCUT2D eigenvalue weighted by Gasteiger charge is 2.18. The molecule has 134 valence electrons. The zero-order valence-corrected chi connectivity index (χ0v) is 16.2. The van der Waals surface area contributed by atoms with Gasteiger partial charge in [0.15, 0.2) is 0 Å². The molecule has 5 nitrogen and oxygen atoms in total. The maximum atomic E-state index is 12.7. The van der Waals surface area contributed by atoms with Crippen molar-refractivity contribution in [3.05, 3.63) is 51.8 Å². The highest BCUT2D eigenvalue weighted by Crippen LogP contribution is 2.32. The third-order valence-corrected chi connectivity index (χ3v) is 6.29. The van der Waals surface area contributed by atoms with E-state index in [1.165, 1.54) is 11.3 Å². The zero-order chi connectivity index (χ0) is 17.9. The van der Waals surface area contributed by atoms with Crippen molar-refractivity contribution < 1.29 is 9.53 Å². The summed E-state index contributed by atoms with van der Waals surface area (Å²) < 4.78 is 5.41. The molecule has 26 heavy (non-hydrogen) atoms. The SMILES string of the molecule is O=C(Nc1cc(Cl)ccc1N1CCOCC1)c1cnc(-c2cccs2)s1. The quantitative estimate of drug-likeness (QED) is 0.688. The Bertz CT molecular complexity index is 905. The van der Waals surface area contributed by atoms with Gasteiger partial charge in [-0.3, -0.25) is 4.79 Å². The predicted molar refractivity (Wildman–Crippen MR) is 108 cm³/mol. The maximum absolute atomic E-state index is 12.7. The number of nitrogens with zero attached hydrogens (tertiary/aromatic N) is 2. The average molecular weight is 406 g/mol. The van der Waals surface area contributed by atoms with Gasteiger partial charge in [0, 0.05) is 18.1 Å². The van der Waals surface area contributed by atoms with Crippen LogP contribution in [-0.4, -0.2) is 37.2 Å². The molecule has 3 heterocycles. The van der Waals surface area contributed by atoms with Crippen LogP contribution in [0.3, 0.4) is 0 Å². The lowest BCUT2D eigenvalue weighted by molar-refractivity contribution is 0.103. The van der Waals surface area contributed by atoms with Crippen molar-refractivity contribution in [3.63, 3.8) is 0 Å². The molecule has 0 saturated carbocycles. The summed E-state index contributed by atoms with van der Waals surface area (Å²) in [6, 6.07) is 9.53. The van der Waals surface area contributed by atoms with Crippen LogP contribution in [0.2, 0.25) is 5.02 Å². The van der Waals surface area contributed by atoms with E-state index >= 15 is 0 Å². The molecule has 3 aromatic rings. The van der Waals surface area contributed by atoms with Crippen LogP contribution >= 0.6 is 34.3 Å². The van der Waals surface area contributed by atoms with Crippen LogP contribution in [0.4, 0.5) is 11.4 Å². The third kappa shape index (κ3) is 3.76. The standard InChI is InChI=1S/C18H16ClN3O2S2/c19-12-3-4-14(22-5-7-24-8-6-22)13(10-12)21-17(23)16-11-20-18(26-16)15-2-1-9-25-15/h1-4,9-11H,5-8H2,(H,21,23). The summed E-state index contributed by atoms with van der Waals surface area (Å²) in [6.45, 7) is 2.92. The first-order chi connectivity index (χ1) is 12.7. The van der Waals surface area contributed by atoms with Gasteiger partial charge < -0.3 is 15.0 Å². The molecular weight excluding hydrogens is 390 g/mol. The van der Waals surface area contributed by atoms with E-state index in [1.54, 1.807) is 23.6 Å². The van der Waals surface area contributed by atoms with Crippen LogP contribution in [0.1, 0.15) is 9.67 Å². The van der Waals surface area contributed by atoms with Gasteiger partial charge >= 0.3 is 0 Å². The number of thiophene rings is 1. The van der Waals surface area contributed by atoms with Gasteiger partial charge in [-0.05, 0) is 29.6 Å². The molecular formula is C18H16ClN3O2S2. The molecule has 1 N–H and O–H groups in total. The van der Waals surface area contributed by atoms with Crippen LogP contribution in [0.25, 0.3) is 9.88 Å². The van der Waals surface area contributed by atoms with E-state index < -0.39 is 0 Å². The maximum Gasteiger partial charge on any atom is 0.267 e. The number of halogens is 1. The molecule has 0 aliphatic carbocycles. The molecule has 4 rings (SSSR count). The normalized spacial score (nSPS) is 14.4.